The van der Waals surface area contributed by atoms with Gasteiger partial charge >= 0.3 is 11.7 Å². The van der Waals surface area contributed by atoms with E-state index < -0.39 is 22.7 Å². The average Bonchev–Trinajstić information content (AvgIpc) is 2.63. The highest BCUT2D eigenvalue weighted by atomic mass is 16.6. The minimum Gasteiger partial charge on any atom is -0.487 e. The molecule has 2 N–H and O–H groups in total. The first kappa shape index (κ1) is 19.9. The third-order valence-corrected chi connectivity index (χ3v) is 3.89. The van der Waals surface area contributed by atoms with Crippen molar-refractivity contribution < 1.29 is 24.4 Å². The maximum Gasteiger partial charge on any atom is 0.311 e. The second kappa shape index (κ2) is 8.79. The Balaban J connectivity index is 2.11. The van der Waals surface area contributed by atoms with Gasteiger partial charge in [0.2, 0.25) is 0 Å². The van der Waals surface area contributed by atoms with E-state index in [0.29, 0.717) is 12.1 Å². The molecule has 0 saturated heterocycles. The Morgan fingerprint density at radius 3 is 2.44 bits per heavy atom. The van der Waals surface area contributed by atoms with Crippen LogP contribution >= 0.6 is 0 Å². The minimum atomic E-state index is -0.871. The van der Waals surface area contributed by atoms with Gasteiger partial charge in [0.15, 0.2) is 5.75 Å². The Morgan fingerprint density at radius 1 is 1.22 bits per heavy atom. The van der Waals surface area contributed by atoms with Crippen molar-refractivity contribution in [3.8, 4) is 5.75 Å². The number of benzene rings is 2. The van der Waals surface area contributed by atoms with Crippen molar-refractivity contribution in [2.24, 2.45) is 5.92 Å². The van der Waals surface area contributed by atoms with Crippen LogP contribution in [0.15, 0.2) is 42.5 Å². The molecule has 1 amide bonds. The lowest BCUT2D eigenvalue weighted by Crippen LogP contribution is -2.13. The van der Waals surface area contributed by atoms with Gasteiger partial charge in [-0.2, -0.15) is 0 Å². The first-order chi connectivity index (χ1) is 12.8. The molecule has 8 nitrogen and oxygen atoms in total. The summed E-state index contributed by atoms with van der Waals surface area (Å²) in [5.74, 6) is -1.76. The Bertz CT molecular complexity index is 848. The molecule has 2 aromatic rings. The van der Waals surface area contributed by atoms with Crippen LogP contribution in [0.5, 0.6) is 5.75 Å². The molecule has 2 aromatic carbocycles. The lowest BCUT2D eigenvalue weighted by molar-refractivity contribution is -0.385. The molecule has 142 valence electrons. The number of nitrogens with one attached hydrogen (secondary N) is 1. The van der Waals surface area contributed by atoms with E-state index in [1.165, 1.54) is 18.2 Å². The maximum atomic E-state index is 12.4. The summed E-state index contributed by atoms with van der Waals surface area (Å²) in [7, 11) is 0. The number of carboxylic acid groups (broad SMARTS) is 1. The van der Waals surface area contributed by atoms with Gasteiger partial charge in [-0.15, -0.1) is 0 Å². The Kier molecular flexibility index (Phi) is 6.48. The number of nitro benzene ring substituents is 1. The number of hydrogen-bond acceptors (Lipinski definition) is 5. The number of carboxylic acids is 1. The summed E-state index contributed by atoms with van der Waals surface area (Å²) in [4.78, 5) is 33.8. The quantitative estimate of drug-likeness (QED) is 0.541. The summed E-state index contributed by atoms with van der Waals surface area (Å²) in [6.45, 7) is 3.61. The third-order valence-electron chi connectivity index (χ3n) is 3.89. The van der Waals surface area contributed by atoms with Crippen LogP contribution in [0.4, 0.5) is 11.4 Å². The lowest BCUT2D eigenvalue weighted by Gasteiger charge is -2.09. The van der Waals surface area contributed by atoms with Crippen molar-refractivity contribution in [2.45, 2.75) is 20.3 Å². The van der Waals surface area contributed by atoms with Crippen molar-refractivity contribution in [3.63, 3.8) is 0 Å². The monoisotopic (exact) mass is 372 g/mol. The van der Waals surface area contributed by atoms with Gasteiger partial charge in [0, 0.05) is 17.3 Å². The van der Waals surface area contributed by atoms with Gasteiger partial charge < -0.3 is 15.2 Å². The number of hydrogen-bond donors (Lipinski definition) is 2. The van der Waals surface area contributed by atoms with Crippen molar-refractivity contribution in [2.75, 3.05) is 11.9 Å². The summed E-state index contributed by atoms with van der Waals surface area (Å²) < 4.78 is 5.20. The molecule has 0 aliphatic heterocycles. The second-order valence-corrected chi connectivity index (χ2v) is 5.97. The van der Waals surface area contributed by atoms with E-state index in [1.54, 1.807) is 38.1 Å². The van der Waals surface area contributed by atoms with Gasteiger partial charge in [0.05, 0.1) is 17.4 Å². The van der Waals surface area contributed by atoms with Crippen LogP contribution in [0.1, 0.15) is 29.8 Å². The highest BCUT2D eigenvalue weighted by Crippen LogP contribution is 2.28. The molecule has 0 radical (unpaired) electrons. The molecular formula is C19H20N2O6. The van der Waals surface area contributed by atoms with Crippen molar-refractivity contribution in [3.05, 3.63) is 63.7 Å². The Labute approximate surface area is 155 Å². The van der Waals surface area contributed by atoms with E-state index >= 15 is 0 Å². The number of aliphatic carboxylic acids is 1. The zero-order chi connectivity index (χ0) is 20.0. The van der Waals surface area contributed by atoms with E-state index in [1.807, 2.05) is 0 Å². The zero-order valence-corrected chi connectivity index (χ0v) is 15.0. The molecule has 0 aliphatic rings. The van der Waals surface area contributed by atoms with E-state index in [4.69, 9.17) is 9.84 Å². The molecule has 1 unspecified atom stereocenters. The van der Waals surface area contributed by atoms with Crippen LogP contribution in [-0.2, 0) is 11.2 Å². The first-order valence-electron chi connectivity index (χ1n) is 8.36. The molecule has 27 heavy (non-hydrogen) atoms. The number of amides is 1. The van der Waals surface area contributed by atoms with Crippen molar-refractivity contribution in [1.29, 1.82) is 0 Å². The van der Waals surface area contributed by atoms with E-state index in [-0.39, 0.29) is 23.6 Å². The summed E-state index contributed by atoms with van der Waals surface area (Å²) in [5.41, 5.74) is 1.19. The fraction of sp³-hybridized carbons (Fsp3) is 0.263. The Hall–Kier alpha value is -3.42. The van der Waals surface area contributed by atoms with Crippen LogP contribution in [0.25, 0.3) is 0 Å². The van der Waals surface area contributed by atoms with Gasteiger partial charge in [0.1, 0.15) is 0 Å². The number of nitro groups is 1. The number of rotatable bonds is 8. The van der Waals surface area contributed by atoms with Crippen LogP contribution in [0.3, 0.4) is 0 Å². The van der Waals surface area contributed by atoms with Crippen LogP contribution < -0.4 is 10.1 Å². The normalized spacial score (nSPS) is 11.5. The molecule has 0 aliphatic carbocycles. The Morgan fingerprint density at radius 2 is 1.89 bits per heavy atom. The molecule has 0 saturated carbocycles. The standard InChI is InChI=1S/C19H20N2O6/c1-3-27-17-9-6-14(11-16(17)21(25)26)18(22)20-15-7-4-13(5-8-15)10-12(2)19(23)24/h4-9,11-12H,3,10H2,1-2H3,(H,20,22)(H,23,24). The van der Waals surface area contributed by atoms with Gasteiger partial charge in [-0.05, 0) is 43.2 Å². The SMILES string of the molecule is CCOc1ccc(C(=O)Nc2ccc(CC(C)C(=O)O)cc2)cc1[N+](=O)[O-]. The molecule has 2 rings (SSSR count). The summed E-state index contributed by atoms with van der Waals surface area (Å²) in [6.07, 6.45) is 0.384. The van der Waals surface area contributed by atoms with Gasteiger partial charge in [-0.25, -0.2) is 0 Å². The number of anilines is 1. The molecule has 8 heteroatoms. The van der Waals surface area contributed by atoms with Crippen LogP contribution in [0, 0.1) is 16.0 Å². The molecule has 0 heterocycles. The van der Waals surface area contributed by atoms with E-state index in [0.717, 1.165) is 5.56 Å². The van der Waals surface area contributed by atoms with Gasteiger partial charge in [-0.1, -0.05) is 19.1 Å². The first-order valence-corrected chi connectivity index (χ1v) is 8.36. The zero-order valence-electron chi connectivity index (χ0n) is 15.0. The summed E-state index contributed by atoms with van der Waals surface area (Å²) in [5, 5.41) is 22.8. The molecule has 0 bridgehead atoms. The molecule has 1 atom stereocenters. The number of nitrogens with zero attached hydrogens (tertiary/aromatic N) is 1. The van der Waals surface area contributed by atoms with Crippen LogP contribution in [0.2, 0.25) is 0 Å². The van der Waals surface area contributed by atoms with Crippen molar-refractivity contribution >= 4 is 23.3 Å². The topological polar surface area (TPSA) is 119 Å². The molecule has 0 spiro atoms. The predicted molar refractivity (Wildman–Crippen MR) is 99.2 cm³/mol. The minimum absolute atomic E-state index is 0.107. The largest absolute Gasteiger partial charge is 0.487 e. The highest BCUT2D eigenvalue weighted by Gasteiger charge is 2.19. The molecule has 0 fully saturated rings. The fourth-order valence-corrected chi connectivity index (χ4v) is 2.45. The van der Waals surface area contributed by atoms with Crippen LogP contribution in [-0.4, -0.2) is 28.5 Å². The second-order valence-electron chi connectivity index (χ2n) is 5.97. The predicted octanol–water partition coefficient (Wildman–Crippen LogP) is 3.51. The highest BCUT2D eigenvalue weighted by molar-refractivity contribution is 6.04. The van der Waals surface area contributed by atoms with Crippen molar-refractivity contribution in [1.82, 2.24) is 0 Å². The number of carbonyl (C=O) groups excluding carboxylic acids is 1. The summed E-state index contributed by atoms with van der Waals surface area (Å²) in [6, 6.07) is 10.8. The van der Waals surface area contributed by atoms with E-state index in [2.05, 4.69) is 5.32 Å². The smallest absolute Gasteiger partial charge is 0.311 e. The number of carbonyl (C=O) groups is 2. The average molecular weight is 372 g/mol. The van der Waals surface area contributed by atoms with Gasteiger partial charge in [-0.3, -0.25) is 19.7 Å². The third kappa shape index (κ3) is 5.27. The molecular weight excluding hydrogens is 352 g/mol. The lowest BCUT2D eigenvalue weighted by atomic mass is 10.0. The van der Waals surface area contributed by atoms with E-state index in [9.17, 15) is 19.7 Å². The maximum absolute atomic E-state index is 12.4. The molecule has 0 aromatic heterocycles. The fourth-order valence-electron chi connectivity index (χ4n) is 2.45. The summed E-state index contributed by atoms with van der Waals surface area (Å²) >= 11 is 0. The van der Waals surface area contributed by atoms with Gasteiger partial charge in [0.25, 0.3) is 5.91 Å². The number of ether oxygens (including phenoxy) is 1.